The van der Waals surface area contributed by atoms with Gasteiger partial charge in [-0.15, -0.1) is 0 Å². The molecule has 0 bridgehead atoms. The standard InChI is InChI=1S/C22H33N7O/c1-15-11-20(28-27-15)26-19-13-18(24-16(2)25-19)12-17-5-4-10-29(14-17)21(30)22(3)6-8-23-9-7-22/h11,13,17,23H,4-10,12,14H2,1-3H3,(H2,24,25,26,27,28). The average Bonchev–Trinajstić information content (AvgIpc) is 3.12. The number of anilines is 2. The number of carbonyl (C=O) groups excluding carboxylic acids is 1. The van der Waals surface area contributed by atoms with Crippen LogP contribution in [0.25, 0.3) is 0 Å². The van der Waals surface area contributed by atoms with Crippen LogP contribution in [0, 0.1) is 25.2 Å². The van der Waals surface area contributed by atoms with Crippen LogP contribution in [0.15, 0.2) is 12.1 Å². The summed E-state index contributed by atoms with van der Waals surface area (Å²) in [5, 5.41) is 13.8. The van der Waals surface area contributed by atoms with Crippen LogP contribution < -0.4 is 10.6 Å². The van der Waals surface area contributed by atoms with Gasteiger partial charge in [0.05, 0.1) is 0 Å². The van der Waals surface area contributed by atoms with Crippen molar-refractivity contribution in [3.8, 4) is 0 Å². The quantitative estimate of drug-likeness (QED) is 0.700. The Kier molecular flexibility index (Phi) is 6.04. The van der Waals surface area contributed by atoms with E-state index >= 15 is 0 Å². The lowest BCUT2D eigenvalue weighted by atomic mass is 9.79. The Morgan fingerprint density at radius 2 is 2.03 bits per heavy atom. The molecule has 1 atom stereocenters. The Bertz CT molecular complexity index is 887. The lowest BCUT2D eigenvalue weighted by Gasteiger charge is -2.41. The highest BCUT2D eigenvalue weighted by molar-refractivity contribution is 5.82. The van der Waals surface area contributed by atoms with Crippen molar-refractivity contribution >= 4 is 17.5 Å². The molecule has 1 unspecified atom stereocenters. The van der Waals surface area contributed by atoms with Crippen LogP contribution in [-0.2, 0) is 11.2 Å². The summed E-state index contributed by atoms with van der Waals surface area (Å²) in [6, 6.07) is 3.95. The molecule has 4 rings (SSSR count). The second-order valence-electron chi connectivity index (χ2n) is 9.13. The fourth-order valence-corrected chi connectivity index (χ4v) is 4.70. The monoisotopic (exact) mass is 411 g/mol. The van der Waals surface area contributed by atoms with E-state index in [-0.39, 0.29) is 5.41 Å². The summed E-state index contributed by atoms with van der Waals surface area (Å²) in [6.07, 6.45) is 4.91. The van der Waals surface area contributed by atoms with Gasteiger partial charge in [0.25, 0.3) is 0 Å². The first-order valence-electron chi connectivity index (χ1n) is 11.0. The Morgan fingerprint density at radius 1 is 1.23 bits per heavy atom. The summed E-state index contributed by atoms with van der Waals surface area (Å²) in [4.78, 5) is 24.5. The fraction of sp³-hybridized carbons (Fsp3) is 0.636. The van der Waals surface area contributed by atoms with Crippen LogP contribution in [0.3, 0.4) is 0 Å². The van der Waals surface area contributed by atoms with Crippen molar-refractivity contribution in [3.05, 3.63) is 29.3 Å². The summed E-state index contributed by atoms with van der Waals surface area (Å²) in [5.74, 6) is 3.02. The van der Waals surface area contributed by atoms with Gasteiger partial charge >= 0.3 is 0 Å². The number of H-pyrrole nitrogens is 1. The number of hydrogen-bond acceptors (Lipinski definition) is 6. The molecule has 2 fully saturated rings. The number of rotatable bonds is 5. The lowest BCUT2D eigenvalue weighted by molar-refractivity contribution is -0.144. The Morgan fingerprint density at radius 3 is 2.77 bits per heavy atom. The predicted molar refractivity (Wildman–Crippen MR) is 117 cm³/mol. The number of carbonyl (C=O) groups is 1. The number of piperidine rings is 2. The molecule has 2 aliphatic heterocycles. The molecular formula is C22H33N7O. The normalized spacial score (nSPS) is 21.4. The molecule has 1 amide bonds. The van der Waals surface area contributed by atoms with Crippen molar-refractivity contribution < 1.29 is 4.79 Å². The summed E-state index contributed by atoms with van der Waals surface area (Å²) >= 11 is 0. The first kappa shape index (κ1) is 20.8. The number of nitrogens with one attached hydrogen (secondary N) is 3. The minimum Gasteiger partial charge on any atom is -0.342 e. The van der Waals surface area contributed by atoms with E-state index in [0.717, 1.165) is 87.1 Å². The van der Waals surface area contributed by atoms with E-state index in [0.29, 0.717) is 11.8 Å². The zero-order valence-electron chi connectivity index (χ0n) is 18.3. The maximum Gasteiger partial charge on any atom is 0.228 e. The molecule has 2 aromatic heterocycles. The Hall–Kier alpha value is -2.48. The molecule has 0 spiro atoms. The predicted octanol–water partition coefficient (Wildman–Crippen LogP) is 2.73. The topological polar surface area (TPSA) is 98.8 Å². The van der Waals surface area contributed by atoms with Gasteiger partial charge in [0.15, 0.2) is 5.82 Å². The molecule has 2 aromatic rings. The molecule has 8 heteroatoms. The molecule has 2 saturated heterocycles. The first-order valence-corrected chi connectivity index (χ1v) is 11.0. The fourth-order valence-electron chi connectivity index (χ4n) is 4.70. The Labute approximate surface area is 178 Å². The second-order valence-corrected chi connectivity index (χ2v) is 9.13. The molecule has 162 valence electrons. The van der Waals surface area contributed by atoms with E-state index < -0.39 is 0 Å². The van der Waals surface area contributed by atoms with Crippen molar-refractivity contribution in [1.29, 1.82) is 0 Å². The van der Waals surface area contributed by atoms with Crippen LogP contribution in [0.1, 0.15) is 49.8 Å². The van der Waals surface area contributed by atoms with E-state index in [9.17, 15) is 4.79 Å². The number of aromatic amines is 1. The first-order chi connectivity index (χ1) is 14.4. The highest BCUT2D eigenvalue weighted by Crippen LogP contribution is 2.32. The summed E-state index contributed by atoms with van der Waals surface area (Å²) in [5.41, 5.74) is 1.81. The summed E-state index contributed by atoms with van der Waals surface area (Å²) in [6.45, 7) is 9.60. The van der Waals surface area contributed by atoms with Crippen LogP contribution in [-0.4, -0.2) is 57.2 Å². The van der Waals surface area contributed by atoms with Crippen molar-refractivity contribution in [2.24, 2.45) is 11.3 Å². The zero-order valence-corrected chi connectivity index (χ0v) is 18.3. The molecular weight excluding hydrogens is 378 g/mol. The van der Waals surface area contributed by atoms with Gasteiger partial charge in [-0.3, -0.25) is 9.89 Å². The molecule has 8 nitrogen and oxygen atoms in total. The maximum atomic E-state index is 13.2. The highest BCUT2D eigenvalue weighted by Gasteiger charge is 2.39. The number of amides is 1. The largest absolute Gasteiger partial charge is 0.342 e. The average molecular weight is 412 g/mol. The minimum absolute atomic E-state index is 0.211. The highest BCUT2D eigenvalue weighted by atomic mass is 16.2. The molecule has 0 aromatic carbocycles. The second kappa shape index (κ2) is 8.71. The van der Waals surface area contributed by atoms with Crippen LogP contribution >= 0.6 is 0 Å². The van der Waals surface area contributed by atoms with Crippen LogP contribution in [0.4, 0.5) is 11.6 Å². The van der Waals surface area contributed by atoms with E-state index in [1.54, 1.807) is 0 Å². The third-order valence-electron chi connectivity index (χ3n) is 6.38. The molecule has 2 aliphatic rings. The summed E-state index contributed by atoms with van der Waals surface area (Å²) in [7, 11) is 0. The van der Waals surface area contributed by atoms with Crippen molar-refractivity contribution in [3.63, 3.8) is 0 Å². The molecule has 4 heterocycles. The number of nitrogens with zero attached hydrogens (tertiary/aromatic N) is 4. The molecule has 0 saturated carbocycles. The zero-order chi connectivity index (χ0) is 21.1. The van der Waals surface area contributed by atoms with Gasteiger partial charge in [-0.1, -0.05) is 6.92 Å². The lowest BCUT2D eigenvalue weighted by Crippen LogP contribution is -2.50. The molecule has 3 N–H and O–H groups in total. The minimum atomic E-state index is -0.211. The van der Waals surface area contributed by atoms with E-state index in [4.69, 9.17) is 0 Å². The van der Waals surface area contributed by atoms with E-state index in [1.807, 2.05) is 26.0 Å². The number of likely N-dealkylation sites (tertiary alicyclic amines) is 1. The molecule has 0 radical (unpaired) electrons. The van der Waals surface area contributed by atoms with Gasteiger partial charge in [-0.25, -0.2) is 9.97 Å². The van der Waals surface area contributed by atoms with Crippen LogP contribution in [0.5, 0.6) is 0 Å². The summed E-state index contributed by atoms with van der Waals surface area (Å²) < 4.78 is 0. The third-order valence-corrected chi connectivity index (χ3v) is 6.38. The Balaban J connectivity index is 1.41. The van der Waals surface area contributed by atoms with Gasteiger partial charge < -0.3 is 15.5 Å². The van der Waals surface area contributed by atoms with Gasteiger partial charge in [0, 0.05) is 42.0 Å². The van der Waals surface area contributed by atoms with Gasteiger partial charge in [0.2, 0.25) is 5.91 Å². The third kappa shape index (κ3) is 4.80. The number of aryl methyl sites for hydroxylation is 2. The smallest absolute Gasteiger partial charge is 0.228 e. The molecule has 0 aliphatic carbocycles. The van der Waals surface area contributed by atoms with Gasteiger partial charge in [0.1, 0.15) is 11.6 Å². The number of hydrogen-bond donors (Lipinski definition) is 3. The van der Waals surface area contributed by atoms with Gasteiger partial charge in [-0.05, 0) is 65.0 Å². The SMILES string of the molecule is Cc1nc(CC2CCCN(C(=O)C3(C)CCNCC3)C2)cc(Nc2cc(C)[nH]n2)n1. The maximum absolute atomic E-state index is 13.2. The van der Waals surface area contributed by atoms with Crippen LogP contribution in [0.2, 0.25) is 0 Å². The molecule has 30 heavy (non-hydrogen) atoms. The van der Waals surface area contributed by atoms with Crippen molar-refractivity contribution in [2.45, 2.75) is 52.9 Å². The number of aromatic nitrogens is 4. The van der Waals surface area contributed by atoms with Crippen molar-refractivity contribution in [1.82, 2.24) is 30.4 Å². The van der Waals surface area contributed by atoms with E-state index in [1.165, 1.54) is 0 Å². The van der Waals surface area contributed by atoms with E-state index in [2.05, 4.69) is 42.6 Å². The van der Waals surface area contributed by atoms with Crippen molar-refractivity contribution in [2.75, 3.05) is 31.5 Å². The van der Waals surface area contributed by atoms with Gasteiger partial charge in [-0.2, -0.15) is 5.10 Å².